The maximum atomic E-state index is 5.50. The van der Waals surface area contributed by atoms with Crippen LogP contribution in [0.4, 0.5) is 0 Å². The van der Waals surface area contributed by atoms with E-state index in [9.17, 15) is 0 Å². The first-order valence-corrected chi connectivity index (χ1v) is 4.58. The molecule has 0 aliphatic rings. The molecular weight excluding hydrogens is 160 g/mol. The van der Waals surface area contributed by atoms with Gasteiger partial charge in [0.25, 0.3) is 0 Å². The summed E-state index contributed by atoms with van der Waals surface area (Å²) in [6.45, 7) is 2.82. The Labute approximate surface area is 77.8 Å². The number of para-hydroxylation sites is 1. The summed E-state index contributed by atoms with van der Waals surface area (Å²) in [4.78, 5) is 3.38. The summed E-state index contributed by atoms with van der Waals surface area (Å²) in [5.41, 5.74) is 9.26. The second kappa shape index (κ2) is 3.23. The highest BCUT2D eigenvalue weighted by Gasteiger charge is 2.00. The average molecular weight is 174 g/mol. The second-order valence-corrected chi connectivity index (χ2v) is 3.37. The summed E-state index contributed by atoms with van der Waals surface area (Å²) in [6, 6.07) is 8.50. The molecule has 68 valence electrons. The topological polar surface area (TPSA) is 41.8 Å². The molecule has 2 heteroatoms. The highest BCUT2D eigenvalue weighted by Crippen LogP contribution is 2.18. The Bertz CT molecular complexity index is 415. The van der Waals surface area contributed by atoms with Gasteiger partial charge < -0.3 is 10.7 Å². The van der Waals surface area contributed by atoms with Crippen LogP contribution in [0.2, 0.25) is 0 Å². The van der Waals surface area contributed by atoms with E-state index in [0.717, 1.165) is 6.42 Å². The Balaban J connectivity index is 2.55. The molecule has 0 unspecified atom stereocenters. The largest absolute Gasteiger partial charge is 0.358 e. The van der Waals surface area contributed by atoms with Gasteiger partial charge in [-0.15, -0.1) is 0 Å². The summed E-state index contributed by atoms with van der Waals surface area (Å²) in [6.07, 6.45) is 0.925. The first-order chi connectivity index (χ1) is 6.31. The molecule has 2 rings (SSSR count). The van der Waals surface area contributed by atoms with E-state index >= 15 is 0 Å². The van der Waals surface area contributed by atoms with Gasteiger partial charge in [0.05, 0.1) is 0 Å². The molecule has 0 spiro atoms. The fraction of sp³-hybridized carbons (Fsp3) is 0.273. The van der Waals surface area contributed by atoms with Crippen molar-refractivity contribution in [2.45, 2.75) is 13.3 Å². The van der Waals surface area contributed by atoms with Crippen molar-refractivity contribution >= 4 is 10.9 Å². The molecule has 0 saturated carbocycles. The van der Waals surface area contributed by atoms with Crippen LogP contribution in [0.3, 0.4) is 0 Å². The van der Waals surface area contributed by atoms with Crippen LogP contribution in [0.5, 0.6) is 0 Å². The minimum atomic E-state index is 0.700. The van der Waals surface area contributed by atoms with Crippen LogP contribution in [0.25, 0.3) is 10.9 Å². The number of rotatable bonds is 2. The second-order valence-electron chi connectivity index (χ2n) is 3.37. The van der Waals surface area contributed by atoms with E-state index in [0.29, 0.717) is 6.54 Å². The highest BCUT2D eigenvalue weighted by atomic mass is 14.7. The zero-order valence-corrected chi connectivity index (χ0v) is 7.80. The van der Waals surface area contributed by atoms with Gasteiger partial charge in [0.2, 0.25) is 0 Å². The van der Waals surface area contributed by atoms with Crippen LogP contribution >= 0.6 is 0 Å². The van der Waals surface area contributed by atoms with Crippen LogP contribution in [0.1, 0.15) is 11.3 Å². The molecule has 0 aliphatic heterocycles. The summed E-state index contributed by atoms with van der Waals surface area (Å²) in [5.74, 6) is 0. The van der Waals surface area contributed by atoms with Crippen molar-refractivity contribution in [3.8, 4) is 0 Å². The normalized spacial score (nSPS) is 10.9. The Hall–Kier alpha value is -1.28. The van der Waals surface area contributed by atoms with Gasteiger partial charge in [-0.3, -0.25) is 0 Å². The summed E-state index contributed by atoms with van der Waals surface area (Å²) >= 11 is 0. The number of aryl methyl sites for hydroxylation is 1. The molecule has 2 nitrogen and oxygen atoms in total. The maximum absolute atomic E-state index is 5.50. The van der Waals surface area contributed by atoms with Crippen LogP contribution in [0.15, 0.2) is 24.3 Å². The van der Waals surface area contributed by atoms with E-state index in [-0.39, 0.29) is 0 Å². The Morgan fingerprint density at radius 2 is 2.23 bits per heavy atom. The average Bonchev–Trinajstić information content (AvgIpc) is 2.49. The number of benzene rings is 1. The van der Waals surface area contributed by atoms with E-state index in [2.05, 4.69) is 36.2 Å². The van der Waals surface area contributed by atoms with Crippen LogP contribution < -0.4 is 5.73 Å². The van der Waals surface area contributed by atoms with Crippen molar-refractivity contribution in [3.63, 3.8) is 0 Å². The van der Waals surface area contributed by atoms with Crippen LogP contribution in [-0.4, -0.2) is 11.5 Å². The smallest absolute Gasteiger partial charge is 0.0485 e. The van der Waals surface area contributed by atoms with Gasteiger partial charge in [-0.1, -0.05) is 18.2 Å². The maximum Gasteiger partial charge on any atom is 0.0485 e. The monoisotopic (exact) mass is 174 g/mol. The third-order valence-corrected chi connectivity index (χ3v) is 2.33. The van der Waals surface area contributed by atoms with Crippen LogP contribution in [0, 0.1) is 6.92 Å². The quantitative estimate of drug-likeness (QED) is 0.718. The molecule has 2 aromatic rings. The van der Waals surface area contributed by atoms with E-state index in [1.165, 1.54) is 22.2 Å². The number of aromatic nitrogens is 1. The van der Waals surface area contributed by atoms with Crippen molar-refractivity contribution in [1.29, 1.82) is 0 Å². The number of aromatic amines is 1. The van der Waals surface area contributed by atoms with Gasteiger partial charge in [0.1, 0.15) is 0 Å². The van der Waals surface area contributed by atoms with Gasteiger partial charge in [0, 0.05) is 11.2 Å². The lowest BCUT2D eigenvalue weighted by atomic mass is 10.2. The van der Waals surface area contributed by atoms with E-state index < -0.39 is 0 Å². The molecule has 0 aliphatic carbocycles. The van der Waals surface area contributed by atoms with Crippen molar-refractivity contribution < 1.29 is 0 Å². The van der Waals surface area contributed by atoms with Gasteiger partial charge in [0.15, 0.2) is 0 Å². The number of nitrogens with two attached hydrogens (primary N) is 1. The third-order valence-electron chi connectivity index (χ3n) is 2.33. The molecule has 13 heavy (non-hydrogen) atoms. The molecule has 1 aromatic carbocycles. The molecule has 0 bridgehead atoms. The highest BCUT2D eigenvalue weighted by molar-refractivity contribution is 5.83. The Morgan fingerprint density at radius 1 is 1.38 bits per heavy atom. The predicted molar refractivity (Wildman–Crippen MR) is 55.8 cm³/mol. The number of hydrogen-bond donors (Lipinski definition) is 2. The Kier molecular flexibility index (Phi) is 2.07. The molecule has 0 radical (unpaired) electrons. The van der Waals surface area contributed by atoms with Crippen molar-refractivity contribution in [2.75, 3.05) is 6.54 Å². The molecule has 1 heterocycles. The SMILES string of the molecule is Cc1cccc2cc(CCN)[nH]c12. The fourth-order valence-corrected chi connectivity index (χ4v) is 1.66. The predicted octanol–water partition coefficient (Wildman–Crippen LogP) is 1.98. The van der Waals surface area contributed by atoms with E-state index in [1.54, 1.807) is 0 Å². The van der Waals surface area contributed by atoms with E-state index in [4.69, 9.17) is 5.73 Å². The summed E-state index contributed by atoms with van der Waals surface area (Å²) in [5, 5.41) is 1.28. The molecule has 3 N–H and O–H groups in total. The lowest BCUT2D eigenvalue weighted by molar-refractivity contribution is 0.939. The summed E-state index contributed by atoms with van der Waals surface area (Å²) in [7, 11) is 0. The molecule has 0 fully saturated rings. The molecular formula is C11H14N2. The molecule has 0 saturated heterocycles. The standard InChI is InChI=1S/C11H14N2/c1-8-3-2-4-9-7-10(5-6-12)13-11(8)9/h2-4,7,13H,5-6,12H2,1H3. The van der Waals surface area contributed by atoms with Crippen molar-refractivity contribution in [1.82, 2.24) is 4.98 Å². The Morgan fingerprint density at radius 3 is 2.92 bits per heavy atom. The zero-order chi connectivity index (χ0) is 9.26. The zero-order valence-electron chi connectivity index (χ0n) is 7.80. The van der Waals surface area contributed by atoms with Gasteiger partial charge >= 0.3 is 0 Å². The number of hydrogen-bond acceptors (Lipinski definition) is 1. The lowest BCUT2D eigenvalue weighted by Crippen LogP contribution is -2.02. The molecule has 1 aromatic heterocycles. The fourth-order valence-electron chi connectivity index (χ4n) is 1.66. The molecule has 0 atom stereocenters. The summed E-state index contributed by atoms with van der Waals surface area (Å²) < 4.78 is 0. The van der Waals surface area contributed by atoms with Gasteiger partial charge in [-0.25, -0.2) is 0 Å². The first kappa shape index (κ1) is 8.32. The lowest BCUT2D eigenvalue weighted by Gasteiger charge is -1.93. The number of fused-ring (bicyclic) bond motifs is 1. The van der Waals surface area contributed by atoms with Crippen LogP contribution in [-0.2, 0) is 6.42 Å². The first-order valence-electron chi connectivity index (χ1n) is 4.58. The van der Waals surface area contributed by atoms with E-state index in [1.807, 2.05) is 0 Å². The van der Waals surface area contributed by atoms with Crippen molar-refractivity contribution in [2.24, 2.45) is 5.73 Å². The van der Waals surface area contributed by atoms with Crippen molar-refractivity contribution in [3.05, 3.63) is 35.5 Å². The van der Waals surface area contributed by atoms with Gasteiger partial charge in [-0.2, -0.15) is 0 Å². The third kappa shape index (κ3) is 1.45. The van der Waals surface area contributed by atoms with Gasteiger partial charge in [-0.05, 0) is 36.9 Å². The minimum absolute atomic E-state index is 0.700. The number of nitrogens with one attached hydrogen (secondary N) is 1. The number of H-pyrrole nitrogens is 1. The molecule has 0 amide bonds. The minimum Gasteiger partial charge on any atom is -0.358 e.